The van der Waals surface area contributed by atoms with E-state index in [1.807, 2.05) is 24.3 Å². The molecule has 7 nitrogen and oxygen atoms in total. The lowest BCUT2D eigenvalue weighted by Gasteiger charge is -2.37. The van der Waals surface area contributed by atoms with E-state index in [-0.39, 0.29) is 11.5 Å². The summed E-state index contributed by atoms with van der Waals surface area (Å²) in [6.45, 7) is 4.21. The van der Waals surface area contributed by atoms with Crippen molar-refractivity contribution in [1.29, 1.82) is 0 Å². The van der Waals surface area contributed by atoms with Crippen molar-refractivity contribution in [3.8, 4) is 0 Å². The summed E-state index contributed by atoms with van der Waals surface area (Å²) in [5.74, 6) is -1.13. The number of amides is 2. The Hall–Kier alpha value is -1.80. The molecule has 0 radical (unpaired) electrons. The van der Waals surface area contributed by atoms with E-state index in [9.17, 15) is 18.0 Å². The van der Waals surface area contributed by atoms with Crippen LogP contribution in [0.3, 0.4) is 0 Å². The molecule has 0 spiro atoms. The number of nitrogens with zero attached hydrogens (tertiary/aromatic N) is 3. The van der Waals surface area contributed by atoms with Crippen LogP contribution >= 0.6 is 11.6 Å². The van der Waals surface area contributed by atoms with Crippen molar-refractivity contribution in [1.82, 2.24) is 9.80 Å². The molecule has 9 heteroatoms. The SMILES string of the molecule is CCN(C(=O)C(=O)N1CCN(c2cccc(Cl)c2)CC1)C1CCS(=O)(=O)C1. The molecule has 1 unspecified atom stereocenters. The van der Waals surface area contributed by atoms with E-state index >= 15 is 0 Å². The zero-order chi connectivity index (χ0) is 19.6. The van der Waals surface area contributed by atoms with E-state index in [4.69, 9.17) is 11.6 Å². The first-order chi connectivity index (χ1) is 12.8. The molecule has 2 heterocycles. The van der Waals surface area contributed by atoms with Crippen LogP contribution in [-0.4, -0.2) is 80.3 Å². The van der Waals surface area contributed by atoms with E-state index in [2.05, 4.69) is 4.90 Å². The van der Waals surface area contributed by atoms with E-state index < -0.39 is 27.7 Å². The third-order valence-electron chi connectivity index (χ3n) is 5.17. The summed E-state index contributed by atoms with van der Waals surface area (Å²) < 4.78 is 23.4. The molecule has 0 aliphatic carbocycles. The number of carbonyl (C=O) groups excluding carboxylic acids is 2. The third-order valence-corrected chi connectivity index (χ3v) is 7.16. The van der Waals surface area contributed by atoms with Crippen molar-refractivity contribution in [2.24, 2.45) is 0 Å². The Morgan fingerprint density at radius 2 is 1.93 bits per heavy atom. The van der Waals surface area contributed by atoms with Crippen molar-refractivity contribution in [3.63, 3.8) is 0 Å². The number of hydrogen-bond acceptors (Lipinski definition) is 5. The number of piperazine rings is 1. The summed E-state index contributed by atoms with van der Waals surface area (Å²) in [6, 6.07) is 7.14. The van der Waals surface area contributed by atoms with E-state index in [0.717, 1.165) is 5.69 Å². The highest BCUT2D eigenvalue weighted by Crippen LogP contribution is 2.22. The number of benzene rings is 1. The van der Waals surface area contributed by atoms with Crippen LogP contribution in [0.15, 0.2) is 24.3 Å². The maximum atomic E-state index is 12.7. The average Bonchev–Trinajstić information content (AvgIpc) is 3.01. The molecule has 148 valence electrons. The second-order valence-electron chi connectivity index (χ2n) is 6.91. The molecule has 1 atom stereocenters. The summed E-state index contributed by atoms with van der Waals surface area (Å²) in [4.78, 5) is 30.4. The monoisotopic (exact) mass is 413 g/mol. The largest absolute Gasteiger partial charge is 0.368 e. The molecule has 1 aromatic carbocycles. The molecule has 0 saturated carbocycles. The Balaban J connectivity index is 1.60. The van der Waals surface area contributed by atoms with Gasteiger partial charge in [-0.3, -0.25) is 9.59 Å². The normalized spacial score (nSPS) is 21.9. The number of sulfone groups is 1. The lowest BCUT2D eigenvalue weighted by molar-refractivity contribution is -0.153. The predicted octanol–water partition coefficient (Wildman–Crippen LogP) is 1.02. The molecule has 0 aromatic heterocycles. The molecule has 2 amide bonds. The highest BCUT2D eigenvalue weighted by Gasteiger charge is 2.37. The first-order valence-corrected chi connectivity index (χ1v) is 11.3. The lowest BCUT2D eigenvalue weighted by atomic mass is 10.2. The summed E-state index contributed by atoms with van der Waals surface area (Å²) in [7, 11) is -3.11. The van der Waals surface area contributed by atoms with Gasteiger partial charge in [-0.15, -0.1) is 0 Å². The van der Waals surface area contributed by atoms with Crippen LogP contribution in [0.5, 0.6) is 0 Å². The van der Waals surface area contributed by atoms with Crippen LogP contribution in [0, 0.1) is 0 Å². The van der Waals surface area contributed by atoms with Crippen molar-refractivity contribution in [2.75, 3.05) is 49.1 Å². The van der Waals surface area contributed by atoms with Gasteiger partial charge in [0.05, 0.1) is 11.5 Å². The van der Waals surface area contributed by atoms with Gasteiger partial charge in [0.15, 0.2) is 9.84 Å². The molecular weight excluding hydrogens is 390 g/mol. The van der Waals surface area contributed by atoms with Crippen LogP contribution in [0.25, 0.3) is 0 Å². The molecule has 27 heavy (non-hydrogen) atoms. The maximum absolute atomic E-state index is 12.7. The summed E-state index contributed by atoms with van der Waals surface area (Å²) in [5.41, 5.74) is 0.993. The molecular formula is C18H24ClN3O4S. The topological polar surface area (TPSA) is 78.0 Å². The molecule has 2 aliphatic rings. The van der Waals surface area contributed by atoms with Crippen molar-refractivity contribution < 1.29 is 18.0 Å². The molecule has 0 N–H and O–H groups in total. The Morgan fingerprint density at radius 3 is 2.48 bits per heavy atom. The second-order valence-corrected chi connectivity index (χ2v) is 9.57. The van der Waals surface area contributed by atoms with Crippen molar-refractivity contribution in [3.05, 3.63) is 29.3 Å². The number of hydrogen-bond donors (Lipinski definition) is 0. The van der Waals surface area contributed by atoms with Crippen LogP contribution in [0.1, 0.15) is 13.3 Å². The predicted molar refractivity (Wildman–Crippen MR) is 105 cm³/mol. The van der Waals surface area contributed by atoms with Crippen LogP contribution in [0.4, 0.5) is 5.69 Å². The van der Waals surface area contributed by atoms with Crippen LogP contribution in [0.2, 0.25) is 5.02 Å². The Labute approximate surface area is 164 Å². The van der Waals surface area contributed by atoms with Crippen molar-refractivity contribution in [2.45, 2.75) is 19.4 Å². The number of halogens is 1. The third kappa shape index (κ3) is 4.55. The van der Waals surface area contributed by atoms with Gasteiger partial charge in [-0.05, 0) is 31.5 Å². The highest BCUT2D eigenvalue weighted by molar-refractivity contribution is 7.91. The molecule has 3 rings (SSSR count). The Bertz CT molecular complexity index is 822. The zero-order valence-electron chi connectivity index (χ0n) is 15.3. The zero-order valence-corrected chi connectivity index (χ0v) is 16.9. The number of anilines is 1. The fourth-order valence-electron chi connectivity index (χ4n) is 3.69. The van der Waals surface area contributed by atoms with Gasteiger partial charge in [-0.2, -0.15) is 0 Å². The Morgan fingerprint density at radius 1 is 1.22 bits per heavy atom. The average molecular weight is 414 g/mol. The standard InChI is InChI=1S/C18H24ClN3O4S/c1-2-22(16-6-11-27(25,26)13-16)18(24)17(23)21-9-7-20(8-10-21)15-5-3-4-14(19)12-15/h3-5,12,16H,2,6-11,13H2,1H3. The van der Waals surface area contributed by atoms with Crippen LogP contribution < -0.4 is 4.90 Å². The minimum Gasteiger partial charge on any atom is -0.368 e. The van der Waals surface area contributed by atoms with Gasteiger partial charge in [0, 0.05) is 49.5 Å². The lowest BCUT2D eigenvalue weighted by Crippen LogP contribution is -2.55. The fraction of sp³-hybridized carbons (Fsp3) is 0.556. The first-order valence-electron chi connectivity index (χ1n) is 9.11. The number of carbonyl (C=O) groups is 2. The quantitative estimate of drug-likeness (QED) is 0.691. The Kier molecular flexibility index (Phi) is 5.95. The molecule has 0 bridgehead atoms. The smallest absolute Gasteiger partial charge is 0.312 e. The van der Waals surface area contributed by atoms with E-state index in [0.29, 0.717) is 44.2 Å². The fourth-order valence-corrected chi connectivity index (χ4v) is 5.60. The van der Waals surface area contributed by atoms with Gasteiger partial charge in [-0.1, -0.05) is 17.7 Å². The minimum absolute atomic E-state index is 0.0532. The van der Waals surface area contributed by atoms with E-state index in [1.165, 1.54) is 4.90 Å². The van der Waals surface area contributed by atoms with Gasteiger partial charge >= 0.3 is 11.8 Å². The molecule has 2 fully saturated rings. The van der Waals surface area contributed by atoms with Crippen LogP contribution in [-0.2, 0) is 19.4 Å². The summed E-state index contributed by atoms with van der Waals surface area (Å²) in [6.07, 6.45) is 0.401. The number of rotatable bonds is 3. The molecule has 2 saturated heterocycles. The highest BCUT2D eigenvalue weighted by atomic mass is 35.5. The summed E-state index contributed by atoms with van der Waals surface area (Å²) in [5, 5.41) is 0.659. The summed E-state index contributed by atoms with van der Waals surface area (Å²) >= 11 is 6.03. The van der Waals surface area contributed by atoms with Gasteiger partial charge in [0.25, 0.3) is 0 Å². The molecule has 2 aliphatic heterocycles. The van der Waals surface area contributed by atoms with Gasteiger partial charge in [0.2, 0.25) is 0 Å². The minimum atomic E-state index is -3.11. The van der Waals surface area contributed by atoms with Gasteiger partial charge in [0.1, 0.15) is 0 Å². The first kappa shape index (κ1) is 19.9. The van der Waals surface area contributed by atoms with Crippen molar-refractivity contribution >= 4 is 38.9 Å². The maximum Gasteiger partial charge on any atom is 0.312 e. The van der Waals surface area contributed by atoms with Gasteiger partial charge in [-0.25, -0.2) is 8.42 Å². The molecule has 1 aromatic rings. The van der Waals surface area contributed by atoms with Gasteiger partial charge < -0.3 is 14.7 Å². The number of likely N-dealkylation sites (N-methyl/N-ethyl adjacent to an activating group) is 1. The second kappa shape index (κ2) is 8.06. The van der Waals surface area contributed by atoms with E-state index in [1.54, 1.807) is 11.8 Å².